The van der Waals surface area contributed by atoms with Crippen molar-refractivity contribution in [1.29, 1.82) is 0 Å². The molecular formula is C25H50O2. The summed E-state index contributed by atoms with van der Waals surface area (Å²) in [6.07, 6.45) is 25.4. The monoisotopic (exact) mass is 382 g/mol. The standard InChI is InChI=1S/C25H50O2/c1-4-6-8-10-12-14-16-18-20-22-24(3)27-25(26)23-21-19-17-15-13-11-9-7-5-2/h24H,4-23H2,1-3H3. The fourth-order valence-corrected chi connectivity index (χ4v) is 3.66. The smallest absolute Gasteiger partial charge is 0.306 e. The summed E-state index contributed by atoms with van der Waals surface area (Å²) >= 11 is 0. The summed E-state index contributed by atoms with van der Waals surface area (Å²) in [6.45, 7) is 6.58. The Morgan fingerprint density at radius 2 is 0.963 bits per heavy atom. The van der Waals surface area contributed by atoms with Gasteiger partial charge >= 0.3 is 5.97 Å². The molecule has 2 heteroatoms. The highest BCUT2D eigenvalue weighted by atomic mass is 16.5. The summed E-state index contributed by atoms with van der Waals surface area (Å²) in [4.78, 5) is 11.9. The minimum atomic E-state index is 0.0152. The van der Waals surface area contributed by atoms with Gasteiger partial charge in [-0.05, 0) is 26.2 Å². The highest BCUT2D eigenvalue weighted by Gasteiger charge is 2.09. The third-order valence-corrected chi connectivity index (χ3v) is 5.53. The molecule has 0 aliphatic heterocycles. The molecule has 27 heavy (non-hydrogen) atoms. The first kappa shape index (κ1) is 26.5. The van der Waals surface area contributed by atoms with E-state index in [-0.39, 0.29) is 12.1 Å². The average Bonchev–Trinajstić information content (AvgIpc) is 2.65. The molecule has 0 aliphatic rings. The Balaban J connectivity index is 3.32. The van der Waals surface area contributed by atoms with Crippen molar-refractivity contribution in [3.8, 4) is 0 Å². The second-order valence-electron chi connectivity index (χ2n) is 8.50. The predicted octanol–water partition coefficient (Wildman–Crippen LogP) is 8.76. The molecule has 2 nitrogen and oxygen atoms in total. The van der Waals surface area contributed by atoms with Gasteiger partial charge in [-0.1, -0.05) is 117 Å². The van der Waals surface area contributed by atoms with E-state index < -0.39 is 0 Å². The van der Waals surface area contributed by atoms with Crippen molar-refractivity contribution in [3.63, 3.8) is 0 Å². The van der Waals surface area contributed by atoms with Crippen LogP contribution in [0, 0.1) is 0 Å². The third kappa shape index (κ3) is 21.6. The maximum absolute atomic E-state index is 11.9. The van der Waals surface area contributed by atoms with Crippen LogP contribution in [0.15, 0.2) is 0 Å². The Morgan fingerprint density at radius 3 is 1.41 bits per heavy atom. The maximum atomic E-state index is 11.9. The van der Waals surface area contributed by atoms with E-state index >= 15 is 0 Å². The largest absolute Gasteiger partial charge is 0.463 e. The number of rotatable bonds is 21. The Kier molecular flexibility index (Phi) is 21.3. The highest BCUT2D eigenvalue weighted by Crippen LogP contribution is 2.14. The fraction of sp³-hybridized carbons (Fsp3) is 0.960. The van der Waals surface area contributed by atoms with Gasteiger partial charge in [0.25, 0.3) is 0 Å². The van der Waals surface area contributed by atoms with Crippen molar-refractivity contribution in [1.82, 2.24) is 0 Å². The van der Waals surface area contributed by atoms with Gasteiger partial charge in [-0.3, -0.25) is 4.79 Å². The predicted molar refractivity (Wildman–Crippen MR) is 119 cm³/mol. The fourth-order valence-electron chi connectivity index (χ4n) is 3.66. The molecular weight excluding hydrogens is 332 g/mol. The molecule has 0 fully saturated rings. The van der Waals surface area contributed by atoms with E-state index in [2.05, 4.69) is 20.8 Å². The van der Waals surface area contributed by atoms with Gasteiger partial charge < -0.3 is 4.74 Å². The van der Waals surface area contributed by atoms with Crippen molar-refractivity contribution in [3.05, 3.63) is 0 Å². The molecule has 162 valence electrons. The van der Waals surface area contributed by atoms with Crippen molar-refractivity contribution < 1.29 is 9.53 Å². The molecule has 0 saturated carbocycles. The summed E-state index contributed by atoms with van der Waals surface area (Å²) in [5, 5.41) is 0. The first-order chi connectivity index (χ1) is 13.2. The number of unbranched alkanes of at least 4 members (excludes halogenated alkanes) is 16. The van der Waals surface area contributed by atoms with Gasteiger partial charge in [-0.25, -0.2) is 0 Å². The zero-order valence-corrected chi connectivity index (χ0v) is 19.0. The van der Waals surface area contributed by atoms with Gasteiger partial charge in [0, 0.05) is 6.42 Å². The third-order valence-electron chi connectivity index (χ3n) is 5.53. The second kappa shape index (κ2) is 21.8. The lowest BCUT2D eigenvalue weighted by Crippen LogP contribution is -2.14. The van der Waals surface area contributed by atoms with Crippen molar-refractivity contribution in [2.75, 3.05) is 0 Å². The van der Waals surface area contributed by atoms with Gasteiger partial charge in [0.05, 0.1) is 6.10 Å². The average molecular weight is 383 g/mol. The summed E-state index contributed by atoms with van der Waals surface area (Å²) < 4.78 is 5.56. The van der Waals surface area contributed by atoms with E-state index in [1.165, 1.54) is 109 Å². The van der Waals surface area contributed by atoms with Crippen molar-refractivity contribution in [2.24, 2.45) is 0 Å². The number of hydrogen-bond acceptors (Lipinski definition) is 2. The molecule has 0 aromatic heterocycles. The number of carbonyl (C=O) groups excluding carboxylic acids is 1. The summed E-state index contributed by atoms with van der Waals surface area (Å²) in [5.41, 5.74) is 0. The quantitative estimate of drug-likeness (QED) is 0.146. The van der Waals surface area contributed by atoms with E-state index in [4.69, 9.17) is 4.74 Å². The van der Waals surface area contributed by atoms with Crippen LogP contribution >= 0.6 is 0 Å². The van der Waals surface area contributed by atoms with E-state index in [1.54, 1.807) is 0 Å². The molecule has 0 amide bonds. The van der Waals surface area contributed by atoms with Crippen LogP contribution in [0.1, 0.15) is 149 Å². The molecule has 0 spiro atoms. The molecule has 0 rings (SSSR count). The maximum Gasteiger partial charge on any atom is 0.306 e. The molecule has 0 heterocycles. The van der Waals surface area contributed by atoms with Crippen LogP contribution in [0.4, 0.5) is 0 Å². The molecule has 1 unspecified atom stereocenters. The number of hydrogen-bond donors (Lipinski definition) is 0. The molecule has 1 atom stereocenters. The Morgan fingerprint density at radius 1 is 0.593 bits per heavy atom. The summed E-state index contributed by atoms with van der Waals surface area (Å²) in [5.74, 6) is 0.0152. The normalized spacial score (nSPS) is 12.3. The lowest BCUT2D eigenvalue weighted by Gasteiger charge is -2.13. The van der Waals surface area contributed by atoms with Gasteiger partial charge in [0.15, 0.2) is 0 Å². The lowest BCUT2D eigenvalue weighted by atomic mass is 10.1. The lowest BCUT2D eigenvalue weighted by molar-refractivity contribution is -0.148. The van der Waals surface area contributed by atoms with Crippen LogP contribution in [0.3, 0.4) is 0 Å². The van der Waals surface area contributed by atoms with Crippen molar-refractivity contribution in [2.45, 2.75) is 155 Å². The Bertz CT molecular complexity index is 301. The molecule has 0 bridgehead atoms. The zero-order chi connectivity index (χ0) is 20.0. The SMILES string of the molecule is CCCCCCCCCCCC(=O)OC(C)CCCCCCCCCCC. The highest BCUT2D eigenvalue weighted by molar-refractivity contribution is 5.69. The van der Waals surface area contributed by atoms with Crippen LogP contribution in [0.25, 0.3) is 0 Å². The second-order valence-corrected chi connectivity index (χ2v) is 8.50. The Labute approximate surface area is 171 Å². The van der Waals surface area contributed by atoms with E-state index in [9.17, 15) is 4.79 Å². The van der Waals surface area contributed by atoms with E-state index in [1.807, 2.05) is 0 Å². The summed E-state index contributed by atoms with van der Waals surface area (Å²) in [7, 11) is 0. The van der Waals surface area contributed by atoms with Gasteiger partial charge in [-0.15, -0.1) is 0 Å². The zero-order valence-electron chi connectivity index (χ0n) is 19.0. The van der Waals surface area contributed by atoms with Gasteiger partial charge in [0.1, 0.15) is 0 Å². The van der Waals surface area contributed by atoms with E-state index in [0.717, 1.165) is 12.8 Å². The molecule has 0 N–H and O–H groups in total. The molecule has 0 radical (unpaired) electrons. The molecule has 0 aromatic carbocycles. The van der Waals surface area contributed by atoms with Crippen LogP contribution in [0.2, 0.25) is 0 Å². The first-order valence-corrected chi connectivity index (χ1v) is 12.4. The molecule has 0 saturated heterocycles. The number of ether oxygens (including phenoxy) is 1. The molecule has 0 aliphatic carbocycles. The Hall–Kier alpha value is -0.530. The van der Waals surface area contributed by atoms with Crippen LogP contribution in [-0.2, 0) is 9.53 Å². The van der Waals surface area contributed by atoms with Crippen LogP contribution in [-0.4, -0.2) is 12.1 Å². The first-order valence-electron chi connectivity index (χ1n) is 12.4. The number of carbonyl (C=O) groups is 1. The summed E-state index contributed by atoms with van der Waals surface area (Å²) in [6, 6.07) is 0. The minimum absolute atomic E-state index is 0.0152. The van der Waals surface area contributed by atoms with Crippen LogP contribution in [0.5, 0.6) is 0 Å². The van der Waals surface area contributed by atoms with Gasteiger partial charge in [0.2, 0.25) is 0 Å². The minimum Gasteiger partial charge on any atom is -0.463 e. The van der Waals surface area contributed by atoms with E-state index in [0.29, 0.717) is 6.42 Å². The number of esters is 1. The topological polar surface area (TPSA) is 26.3 Å². The van der Waals surface area contributed by atoms with Crippen molar-refractivity contribution >= 4 is 5.97 Å². The van der Waals surface area contributed by atoms with Gasteiger partial charge in [-0.2, -0.15) is 0 Å². The molecule has 0 aromatic rings. The van der Waals surface area contributed by atoms with Crippen LogP contribution < -0.4 is 0 Å².